The SMILES string of the molecule is Cc1cccnc1/N=C/NO. The van der Waals surface area contributed by atoms with Gasteiger partial charge < -0.3 is 0 Å². The monoisotopic (exact) mass is 151 g/mol. The van der Waals surface area contributed by atoms with Gasteiger partial charge in [-0.1, -0.05) is 6.07 Å². The van der Waals surface area contributed by atoms with Crippen molar-refractivity contribution in [1.82, 2.24) is 10.5 Å². The maximum Gasteiger partial charge on any atom is 0.156 e. The maximum absolute atomic E-state index is 8.19. The van der Waals surface area contributed by atoms with Crippen LogP contribution < -0.4 is 5.48 Å². The maximum atomic E-state index is 8.19. The first-order chi connectivity index (χ1) is 5.34. The number of aliphatic imine (C=N–C) groups is 1. The summed E-state index contributed by atoms with van der Waals surface area (Å²) < 4.78 is 0. The lowest BCUT2D eigenvalue weighted by Crippen LogP contribution is -2.01. The lowest BCUT2D eigenvalue weighted by Gasteiger charge is -1.95. The van der Waals surface area contributed by atoms with Crippen LogP contribution in [0.2, 0.25) is 0 Å². The fourth-order valence-corrected chi connectivity index (χ4v) is 0.703. The van der Waals surface area contributed by atoms with Gasteiger partial charge in [0.25, 0.3) is 0 Å². The minimum Gasteiger partial charge on any atom is -0.290 e. The topological polar surface area (TPSA) is 57.5 Å². The Morgan fingerprint density at radius 3 is 3.18 bits per heavy atom. The van der Waals surface area contributed by atoms with Crippen molar-refractivity contribution in [2.24, 2.45) is 4.99 Å². The van der Waals surface area contributed by atoms with E-state index in [1.165, 1.54) is 6.34 Å². The number of aromatic nitrogens is 1. The molecule has 0 atom stereocenters. The van der Waals surface area contributed by atoms with Crippen molar-refractivity contribution in [2.75, 3.05) is 0 Å². The fraction of sp³-hybridized carbons (Fsp3) is 0.143. The van der Waals surface area contributed by atoms with E-state index in [-0.39, 0.29) is 0 Å². The number of hydrogen-bond donors (Lipinski definition) is 2. The second-order valence-corrected chi connectivity index (χ2v) is 2.03. The molecule has 58 valence electrons. The lowest BCUT2D eigenvalue weighted by molar-refractivity contribution is 0.240. The third-order valence-electron chi connectivity index (χ3n) is 1.23. The summed E-state index contributed by atoms with van der Waals surface area (Å²) in [7, 11) is 0. The number of rotatable bonds is 2. The summed E-state index contributed by atoms with van der Waals surface area (Å²) in [4.78, 5) is 7.79. The number of pyridine rings is 1. The molecule has 0 saturated heterocycles. The van der Waals surface area contributed by atoms with Crippen LogP contribution in [-0.4, -0.2) is 16.5 Å². The summed E-state index contributed by atoms with van der Waals surface area (Å²) in [5.41, 5.74) is 2.78. The van der Waals surface area contributed by atoms with Gasteiger partial charge in [0.15, 0.2) is 5.82 Å². The van der Waals surface area contributed by atoms with E-state index < -0.39 is 0 Å². The molecule has 2 N–H and O–H groups in total. The van der Waals surface area contributed by atoms with Gasteiger partial charge in [0, 0.05) is 6.20 Å². The second-order valence-electron chi connectivity index (χ2n) is 2.03. The molecule has 0 radical (unpaired) electrons. The van der Waals surface area contributed by atoms with Crippen LogP contribution in [0.1, 0.15) is 5.56 Å². The molecule has 0 unspecified atom stereocenters. The molecule has 4 heteroatoms. The van der Waals surface area contributed by atoms with Crippen LogP contribution in [0, 0.1) is 6.92 Å². The summed E-state index contributed by atoms with van der Waals surface area (Å²) in [5.74, 6) is 0.606. The molecule has 0 saturated carbocycles. The minimum atomic E-state index is 0.606. The van der Waals surface area contributed by atoms with Gasteiger partial charge in [0.2, 0.25) is 0 Å². The zero-order chi connectivity index (χ0) is 8.10. The molecule has 0 aromatic carbocycles. The van der Waals surface area contributed by atoms with E-state index in [9.17, 15) is 0 Å². The molecule has 11 heavy (non-hydrogen) atoms. The van der Waals surface area contributed by atoms with Gasteiger partial charge in [-0.05, 0) is 18.6 Å². The predicted molar refractivity (Wildman–Crippen MR) is 42.0 cm³/mol. The molecule has 0 spiro atoms. The number of hydrogen-bond acceptors (Lipinski definition) is 3. The van der Waals surface area contributed by atoms with Gasteiger partial charge in [-0.2, -0.15) is 0 Å². The Kier molecular flexibility index (Phi) is 2.57. The Morgan fingerprint density at radius 1 is 1.73 bits per heavy atom. The quantitative estimate of drug-likeness (QED) is 0.377. The molecule has 1 rings (SSSR count). The average Bonchev–Trinajstić information content (AvgIpc) is 2.03. The minimum absolute atomic E-state index is 0.606. The molecule has 0 bridgehead atoms. The van der Waals surface area contributed by atoms with E-state index in [2.05, 4.69) is 9.98 Å². The van der Waals surface area contributed by atoms with E-state index in [0.29, 0.717) is 5.82 Å². The van der Waals surface area contributed by atoms with Crippen molar-refractivity contribution in [1.29, 1.82) is 0 Å². The highest BCUT2D eigenvalue weighted by atomic mass is 16.5. The Labute approximate surface area is 64.6 Å². The molecule has 0 aliphatic rings. The van der Waals surface area contributed by atoms with E-state index in [1.54, 1.807) is 6.20 Å². The summed E-state index contributed by atoms with van der Waals surface area (Å²) in [6.45, 7) is 1.90. The Bertz CT molecular complexity index is 260. The zero-order valence-electron chi connectivity index (χ0n) is 6.15. The summed E-state index contributed by atoms with van der Waals surface area (Å²) in [6.07, 6.45) is 2.83. The standard InChI is InChI=1S/C7H9N3O/c1-6-3-2-4-8-7(6)9-5-10-11/h2-5,11H,1H3,(H,8,9,10). The van der Waals surface area contributed by atoms with E-state index in [0.717, 1.165) is 5.56 Å². The highest BCUT2D eigenvalue weighted by Gasteiger charge is 1.91. The van der Waals surface area contributed by atoms with Gasteiger partial charge >= 0.3 is 0 Å². The molecule has 0 amide bonds. The number of nitrogens with zero attached hydrogens (tertiary/aromatic N) is 2. The van der Waals surface area contributed by atoms with Gasteiger partial charge in [-0.25, -0.2) is 9.98 Å². The van der Waals surface area contributed by atoms with Crippen molar-refractivity contribution in [3.8, 4) is 0 Å². The van der Waals surface area contributed by atoms with Crippen LogP contribution in [0.4, 0.5) is 5.82 Å². The number of nitrogens with one attached hydrogen (secondary N) is 1. The van der Waals surface area contributed by atoms with Crippen molar-refractivity contribution in [2.45, 2.75) is 6.92 Å². The molecule has 4 nitrogen and oxygen atoms in total. The van der Waals surface area contributed by atoms with Crippen molar-refractivity contribution in [3.63, 3.8) is 0 Å². The molecular weight excluding hydrogens is 142 g/mol. The zero-order valence-corrected chi connectivity index (χ0v) is 6.15. The van der Waals surface area contributed by atoms with Gasteiger partial charge in [-0.3, -0.25) is 10.7 Å². The third-order valence-corrected chi connectivity index (χ3v) is 1.23. The lowest BCUT2D eigenvalue weighted by atomic mass is 10.3. The van der Waals surface area contributed by atoms with Gasteiger partial charge in [-0.15, -0.1) is 0 Å². The smallest absolute Gasteiger partial charge is 0.156 e. The van der Waals surface area contributed by atoms with Crippen molar-refractivity contribution < 1.29 is 5.21 Å². The molecule has 0 aliphatic heterocycles. The molecule has 1 heterocycles. The first-order valence-corrected chi connectivity index (χ1v) is 3.18. The van der Waals surface area contributed by atoms with Crippen molar-refractivity contribution in [3.05, 3.63) is 23.9 Å². The normalized spacial score (nSPS) is 10.4. The van der Waals surface area contributed by atoms with Gasteiger partial charge in [0.05, 0.1) is 0 Å². The Morgan fingerprint density at radius 2 is 2.55 bits per heavy atom. The molecule has 0 aliphatic carbocycles. The summed E-state index contributed by atoms with van der Waals surface area (Å²) >= 11 is 0. The number of aryl methyl sites for hydroxylation is 1. The third kappa shape index (κ3) is 2.01. The van der Waals surface area contributed by atoms with Crippen LogP contribution in [-0.2, 0) is 0 Å². The Balaban J connectivity index is 2.86. The fourth-order valence-electron chi connectivity index (χ4n) is 0.703. The predicted octanol–water partition coefficient (Wildman–Crippen LogP) is 1.03. The van der Waals surface area contributed by atoms with E-state index in [1.807, 2.05) is 24.5 Å². The summed E-state index contributed by atoms with van der Waals surface area (Å²) in [6, 6.07) is 3.73. The van der Waals surface area contributed by atoms with Crippen LogP contribution in [0.25, 0.3) is 0 Å². The second kappa shape index (κ2) is 3.68. The van der Waals surface area contributed by atoms with Gasteiger partial charge in [0.1, 0.15) is 6.34 Å². The first-order valence-electron chi connectivity index (χ1n) is 3.18. The van der Waals surface area contributed by atoms with Crippen LogP contribution in [0.3, 0.4) is 0 Å². The molecule has 1 aromatic rings. The van der Waals surface area contributed by atoms with Crippen molar-refractivity contribution >= 4 is 12.2 Å². The molecule has 1 aromatic heterocycles. The Hall–Kier alpha value is -1.42. The average molecular weight is 151 g/mol. The summed E-state index contributed by atoms with van der Waals surface area (Å²) in [5, 5.41) is 8.19. The van der Waals surface area contributed by atoms with E-state index in [4.69, 9.17) is 5.21 Å². The highest BCUT2D eigenvalue weighted by Crippen LogP contribution is 2.11. The van der Waals surface area contributed by atoms with E-state index >= 15 is 0 Å². The van der Waals surface area contributed by atoms with Crippen LogP contribution in [0.5, 0.6) is 0 Å². The number of hydroxylamine groups is 1. The molecule has 0 fully saturated rings. The molecular formula is C7H9N3O. The first kappa shape index (κ1) is 7.68. The van der Waals surface area contributed by atoms with Crippen LogP contribution >= 0.6 is 0 Å². The van der Waals surface area contributed by atoms with Crippen LogP contribution in [0.15, 0.2) is 23.3 Å². The highest BCUT2D eigenvalue weighted by molar-refractivity contribution is 5.59. The largest absolute Gasteiger partial charge is 0.290 e.